The number of amides is 1. The number of sulfonamides is 1. The molecule has 0 bridgehead atoms. The van der Waals surface area contributed by atoms with Crippen LogP contribution < -0.4 is 4.72 Å². The summed E-state index contributed by atoms with van der Waals surface area (Å²) in [4.78, 5) is 18.4. The number of ether oxygens (including phenoxy) is 2. The summed E-state index contributed by atoms with van der Waals surface area (Å²) in [6.07, 6.45) is 0.770. The van der Waals surface area contributed by atoms with Gasteiger partial charge >= 0.3 is 6.09 Å². The Morgan fingerprint density at radius 3 is 3.04 bits per heavy atom. The van der Waals surface area contributed by atoms with Gasteiger partial charge in [0.2, 0.25) is 0 Å². The number of halogens is 1. The number of hydrogen-bond acceptors (Lipinski definition) is 7. The number of hydrogen-bond donors (Lipinski definition) is 1. The minimum absolute atomic E-state index is 0.0964. The molecule has 1 amide bonds. The molecule has 2 aromatic rings. The fourth-order valence-corrected chi connectivity index (χ4v) is 5.33. The lowest BCUT2D eigenvalue weighted by atomic mass is 10.2. The van der Waals surface area contributed by atoms with Crippen molar-refractivity contribution >= 4 is 44.2 Å². The molecule has 28 heavy (non-hydrogen) atoms. The second kappa shape index (κ2) is 8.64. The maximum Gasteiger partial charge on any atom is 0.409 e. The molecular weight excluding hydrogens is 426 g/mol. The molecule has 0 saturated carbocycles. The van der Waals surface area contributed by atoms with E-state index in [0.29, 0.717) is 36.9 Å². The average Bonchev–Trinajstić information content (AvgIpc) is 3.12. The second-order valence-electron chi connectivity index (χ2n) is 6.04. The molecule has 0 radical (unpaired) electrons. The minimum atomic E-state index is -3.83. The van der Waals surface area contributed by atoms with Gasteiger partial charge in [0.05, 0.1) is 29.5 Å². The van der Waals surface area contributed by atoms with E-state index < -0.39 is 16.1 Å². The lowest BCUT2D eigenvalue weighted by molar-refractivity contribution is -0.0264. The number of morpholine rings is 1. The standard InChI is InChI=1S/C17H20ClN3O5S2/c1-3-25-17(22)21-7-8-26-13(10-21)14-9-19-16(27-14)20-28(23,24)15-6-4-5-12(18)11(15)2/h4-6,9,13H,3,7-8,10H2,1-2H3,(H,19,20). The Morgan fingerprint density at radius 2 is 2.29 bits per heavy atom. The summed E-state index contributed by atoms with van der Waals surface area (Å²) in [5.41, 5.74) is 0.467. The van der Waals surface area contributed by atoms with Crippen LogP contribution in [0.25, 0.3) is 0 Å². The highest BCUT2D eigenvalue weighted by Gasteiger charge is 2.28. The zero-order valence-electron chi connectivity index (χ0n) is 15.3. The Labute approximate surface area is 172 Å². The topological polar surface area (TPSA) is 97.8 Å². The summed E-state index contributed by atoms with van der Waals surface area (Å²) < 4.78 is 38.6. The molecule has 1 N–H and O–H groups in total. The van der Waals surface area contributed by atoms with E-state index in [4.69, 9.17) is 21.1 Å². The lowest BCUT2D eigenvalue weighted by Crippen LogP contribution is -2.42. The van der Waals surface area contributed by atoms with Crippen molar-refractivity contribution in [2.75, 3.05) is 31.0 Å². The Kier molecular flexibility index (Phi) is 6.43. The van der Waals surface area contributed by atoms with E-state index in [1.165, 1.54) is 6.07 Å². The van der Waals surface area contributed by atoms with Gasteiger partial charge in [0.15, 0.2) is 5.13 Å². The molecule has 1 aromatic carbocycles. The van der Waals surface area contributed by atoms with Crippen molar-refractivity contribution in [2.24, 2.45) is 0 Å². The van der Waals surface area contributed by atoms with Gasteiger partial charge in [-0.25, -0.2) is 18.2 Å². The second-order valence-corrected chi connectivity index (χ2v) is 9.16. The molecule has 2 heterocycles. The van der Waals surface area contributed by atoms with Crippen molar-refractivity contribution < 1.29 is 22.7 Å². The molecule has 11 heteroatoms. The zero-order chi connectivity index (χ0) is 20.3. The molecule has 1 aliphatic heterocycles. The number of thiazole rings is 1. The monoisotopic (exact) mass is 445 g/mol. The summed E-state index contributed by atoms with van der Waals surface area (Å²) in [6, 6.07) is 4.70. The molecule has 0 aliphatic carbocycles. The van der Waals surface area contributed by atoms with Gasteiger partial charge in [0.25, 0.3) is 10.0 Å². The number of nitrogens with one attached hydrogen (secondary N) is 1. The summed E-state index contributed by atoms with van der Waals surface area (Å²) in [5.74, 6) is 0. The van der Waals surface area contributed by atoms with Crippen molar-refractivity contribution in [3.05, 3.63) is 39.9 Å². The zero-order valence-corrected chi connectivity index (χ0v) is 17.7. The van der Waals surface area contributed by atoms with Crippen molar-refractivity contribution in [1.82, 2.24) is 9.88 Å². The maximum atomic E-state index is 12.7. The van der Waals surface area contributed by atoms with E-state index in [1.807, 2.05) is 0 Å². The van der Waals surface area contributed by atoms with Gasteiger partial charge in [-0.1, -0.05) is 29.0 Å². The van der Waals surface area contributed by atoms with Gasteiger partial charge in [0, 0.05) is 17.8 Å². The molecule has 1 aromatic heterocycles. The third kappa shape index (κ3) is 4.57. The maximum absolute atomic E-state index is 12.7. The first-order chi connectivity index (χ1) is 13.3. The SMILES string of the molecule is CCOC(=O)N1CCOC(c2cnc(NS(=O)(=O)c3cccc(Cl)c3C)s2)C1. The van der Waals surface area contributed by atoms with Crippen LogP contribution in [-0.4, -0.2) is 50.7 Å². The van der Waals surface area contributed by atoms with Crippen LogP contribution >= 0.6 is 22.9 Å². The van der Waals surface area contributed by atoms with Crippen LogP contribution in [0, 0.1) is 6.92 Å². The van der Waals surface area contributed by atoms with Crippen LogP contribution in [0.3, 0.4) is 0 Å². The first-order valence-corrected chi connectivity index (χ1v) is 11.3. The summed E-state index contributed by atoms with van der Waals surface area (Å²) in [6.45, 7) is 4.83. The Morgan fingerprint density at radius 1 is 1.50 bits per heavy atom. The van der Waals surface area contributed by atoms with E-state index in [-0.39, 0.29) is 16.1 Å². The Bertz CT molecular complexity index is 963. The van der Waals surface area contributed by atoms with Crippen molar-refractivity contribution in [3.8, 4) is 0 Å². The molecule has 1 saturated heterocycles. The van der Waals surface area contributed by atoms with E-state index in [1.54, 1.807) is 37.1 Å². The first-order valence-electron chi connectivity index (χ1n) is 8.58. The molecule has 8 nitrogen and oxygen atoms in total. The van der Waals surface area contributed by atoms with Gasteiger partial charge in [-0.2, -0.15) is 0 Å². The van der Waals surface area contributed by atoms with Gasteiger partial charge < -0.3 is 14.4 Å². The Hall–Kier alpha value is -1.88. The smallest absolute Gasteiger partial charge is 0.409 e. The summed E-state index contributed by atoms with van der Waals surface area (Å²) in [7, 11) is -3.83. The number of benzene rings is 1. The number of anilines is 1. The summed E-state index contributed by atoms with van der Waals surface area (Å²) >= 11 is 7.19. The van der Waals surface area contributed by atoms with Crippen molar-refractivity contribution in [1.29, 1.82) is 0 Å². The highest BCUT2D eigenvalue weighted by atomic mass is 35.5. The van der Waals surface area contributed by atoms with Crippen LogP contribution in [0.5, 0.6) is 0 Å². The van der Waals surface area contributed by atoms with Crippen molar-refractivity contribution in [3.63, 3.8) is 0 Å². The van der Waals surface area contributed by atoms with Crippen LogP contribution in [-0.2, 0) is 19.5 Å². The highest BCUT2D eigenvalue weighted by Crippen LogP contribution is 2.31. The largest absolute Gasteiger partial charge is 0.450 e. The lowest BCUT2D eigenvalue weighted by Gasteiger charge is -2.31. The number of rotatable bonds is 5. The third-order valence-corrected chi connectivity index (χ3v) is 7.19. The number of aromatic nitrogens is 1. The first kappa shape index (κ1) is 20.8. The number of carbonyl (C=O) groups excluding carboxylic acids is 1. The molecule has 1 fully saturated rings. The molecule has 1 aliphatic rings. The van der Waals surface area contributed by atoms with Crippen molar-refractivity contribution in [2.45, 2.75) is 24.8 Å². The van der Waals surface area contributed by atoms with E-state index in [2.05, 4.69) is 9.71 Å². The quantitative estimate of drug-likeness (QED) is 0.757. The number of nitrogens with zero attached hydrogens (tertiary/aromatic N) is 2. The molecule has 152 valence electrons. The predicted octanol–water partition coefficient (Wildman–Crippen LogP) is 3.44. The van der Waals surface area contributed by atoms with Gasteiger partial charge in [0.1, 0.15) is 6.10 Å². The average molecular weight is 446 g/mol. The van der Waals surface area contributed by atoms with Crippen LogP contribution in [0.15, 0.2) is 29.3 Å². The normalized spacial score (nSPS) is 17.4. The van der Waals surface area contributed by atoms with Gasteiger partial charge in [-0.05, 0) is 31.5 Å². The fourth-order valence-electron chi connectivity index (χ4n) is 2.73. The molecule has 3 rings (SSSR count). The van der Waals surface area contributed by atoms with E-state index in [0.717, 1.165) is 16.2 Å². The van der Waals surface area contributed by atoms with Crippen LogP contribution in [0.4, 0.5) is 9.93 Å². The van der Waals surface area contributed by atoms with Crippen LogP contribution in [0.2, 0.25) is 5.02 Å². The van der Waals surface area contributed by atoms with E-state index in [9.17, 15) is 13.2 Å². The molecule has 1 unspecified atom stereocenters. The Balaban J connectivity index is 1.73. The third-order valence-electron chi connectivity index (χ3n) is 4.16. The number of carbonyl (C=O) groups is 1. The highest BCUT2D eigenvalue weighted by molar-refractivity contribution is 7.93. The predicted molar refractivity (Wildman–Crippen MR) is 106 cm³/mol. The fraction of sp³-hybridized carbons (Fsp3) is 0.412. The van der Waals surface area contributed by atoms with E-state index >= 15 is 0 Å². The van der Waals surface area contributed by atoms with Crippen LogP contribution in [0.1, 0.15) is 23.5 Å². The van der Waals surface area contributed by atoms with Gasteiger partial charge in [-0.15, -0.1) is 0 Å². The molecule has 1 atom stereocenters. The minimum Gasteiger partial charge on any atom is -0.450 e. The van der Waals surface area contributed by atoms with Gasteiger partial charge in [-0.3, -0.25) is 4.72 Å². The molecule has 0 spiro atoms. The summed E-state index contributed by atoms with van der Waals surface area (Å²) in [5, 5.41) is 0.587. The molecular formula is C17H20ClN3O5S2.